The van der Waals surface area contributed by atoms with Gasteiger partial charge in [-0.1, -0.05) is 23.7 Å². The second kappa shape index (κ2) is 6.15. The topological polar surface area (TPSA) is 68.1 Å². The van der Waals surface area contributed by atoms with Gasteiger partial charge in [0.25, 0.3) is 5.69 Å². The van der Waals surface area contributed by atoms with Crippen molar-refractivity contribution in [3.8, 4) is 0 Å². The molecule has 1 heterocycles. The zero-order valence-corrected chi connectivity index (χ0v) is 10.8. The molecule has 0 aliphatic rings. The van der Waals surface area contributed by atoms with E-state index in [9.17, 15) is 10.1 Å². The number of rotatable bonds is 5. The number of nitrogens with zero attached hydrogens (tertiary/aromatic N) is 2. The normalized spacial score (nSPS) is 10.2. The number of nitrogens with one attached hydrogen (secondary N) is 1. The number of nitro groups is 1. The maximum absolute atomic E-state index is 10.5. The van der Waals surface area contributed by atoms with Crippen molar-refractivity contribution in [1.82, 2.24) is 4.98 Å². The van der Waals surface area contributed by atoms with Crippen LogP contribution in [-0.2, 0) is 6.42 Å². The molecule has 0 atom stereocenters. The van der Waals surface area contributed by atoms with Gasteiger partial charge in [0.2, 0.25) is 0 Å². The molecule has 1 aromatic heterocycles. The van der Waals surface area contributed by atoms with E-state index >= 15 is 0 Å². The lowest BCUT2D eigenvalue weighted by molar-refractivity contribution is -0.384. The molecule has 0 saturated heterocycles. The van der Waals surface area contributed by atoms with Crippen molar-refractivity contribution in [2.75, 3.05) is 11.9 Å². The van der Waals surface area contributed by atoms with E-state index in [4.69, 9.17) is 11.6 Å². The molecule has 0 unspecified atom stereocenters. The van der Waals surface area contributed by atoms with Crippen molar-refractivity contribution in [3.05, 3.63) is 63.4 Å². The second-order valence-corrected chi connectivity index (χ2v) is 4.36. The number of hydrogen-bond donors (Lipinski definition) is 1. The van der Waals surface area contributed by atoms with E-state index in [1.54, 1.807) is 30.6 Å². The average Bonchev–Trinajstić information content (AvgIpc) is 2.41. The Kier molecular flexibility index (Phi) is 4.30. The van der Waals surface area contributed by atoms with Crippen LogP contribution in [0.4, 0.5) is 11.4 Å². The molecular weight excluding hydrogens is 266 g/mol. The first-order chi connectivity index (χ1) is 9.16. The Balaban J connectivity index is 1.89. The van der Waals surface area contributed by atoms with Gasteiger partial charge in [0, 0.05) is 31.1 Å². The fourth-order valence-corrected chi connectivity index (χ4v) is 1.83. The molecule has 0 saturated carbocycles. The Morgan fingerprint density at radius 1 is 1.26 bits per heavy atom. The molecule has 0 aliphatic carbocycles. The third kappa shape index (κ3) is 3.66. The summed E-state index contributed by atoms with van der Waals surface area (Å²) in [5, 5.41) is 14.3. The van der Waals surface area contributed by atoms with Crippen LogP contribution in [0.5, 0.6) is 0 Å². The van der Waals surface area contributed by atoms with E-state index in [-0.39, 0.29) is 5.69 Å². The fourth-order valence-electron chi connectivity index (χ4n) is 1.64. The molecule has 0 aliphatic heterocycles. The van der Waals surface area contributed by atoms with Gasteiger partial charge in [0.1, 0.15) is 0 Å². The summed E-state index contributed by atoms with van der Waals surface area (Å²) in [5.41, 5.74) is 1.97. The number of aromatic nitrogens is 1. The smallest absolute Gasteiger partial charge is 0.269 e. The van der Waals surface area contributed by atoms with Crippen molar-refractivity contribution in [3.63, 3.8) is 0 Å². The van der Waals surface area contributed by atoms with Crippen molar-refractivity contribution in [2.45, 2.75) is 6.42 Å². The number of halogens is 1. The molecule has 5 nitrogen and oxygen atoms in total. The van der Waals surface area contributed by atoms with Crippen LogP contribution in [0.2, 0.25) is 5.02 Å². The summed E-state index contributed by atoms with van der Waals surface area (Å²) < 4.78 is 0. The number of pyridine rings is 1. The summed E-state index contributed by atoms with van der Waals surface area (Å²) in [7, 11) is 0. The predicted molar refractivity (Wildman–Crippen MR) is 74.5 cm³/mol. The van der Waals surface area contributed by atoms with E-state index in [2.05, 4.69) is 10.3 Å². The second-order valence-electron chi connectivity index (χ2n) is 3.96. The van der Waals surface area contributed by atoms with E-state index in [1.807, 2.05) is 0 Å². The van der Waals surface area contributed by atoms with Crippen LogP contribution in [0, 0.1) is 10.1 Å². The maximum atomic E-state index is 10.5. The number of nitro benzene ring substituents is 1. The number of benzene rings is 1. The molecule has 0 fully saturated rings. The first-order valence-corrected chi connectivity index (χ1v) is 6.11. The Morgan fingerprint density at radius 3 is 2.63 bits per heavy atom. The van der Waals surface area contributed by atoms with Crippen molar-refractivity contribution < 1.29 is 4.92 Å². The molecule has 2 aromatic rings. The number of hydrogen-bond acceptors (Lipinski definition) is 4. The minimum atomic E-state index is -0.404. The molecule has 0 bridgehead atoms. The summed E-state index contributed by atoms with van der Waals surface area (Å²) in [5.74, 6) is 0. The lowest BCUT2D eigenvalue weighted by atomic mass is 10.1. The van der Waals surface area contributed by atoms with Crippen LogP contribution in [-0.4, -0.2) is 16.5 Å². The highest BCUT2D eigenvalue weighted by Gasteiger charge is 2.04. The molecule has 0 radical (unpaired) electrons. The summed E-state index contributed by atoms with van der Waals surface area (Å²) >= 11 is 5.96. The third-order valence-electron chi connectivity index (χ3n) is 2.65. The quantitative estimate of drug-likeness (QED) is 0.672. The van der Waals surface area contributed by atoms with Gasteiger partial charge in [-0.25, -0.2) is 0 Å². The Bertz CT molecular complexity index is 572. The zero-order chi connectivity index (χ0) is 13.7. The lowest BCUT2D eigenvalue weighted by Crippen LogP contribution is -2.05. The Hall–Kier alpha value is -2.14. The molecule has 19 heavy (non-hydrogen) atoms. The summed E-state index contributed by atoms with van der Waals surface area (Å²) in [6.45, 7) is 0.696. The van der Waals surface area contributed by atoms with Gasteiger partial charge in [-0.2, -0.15) is 0 Å². The van der Waals surface area contributed by atoms with Crippen LogP contribution in [0.1, 0.15) is 5.56 Å². The average molecular weight is 278 g/mol. The molecule has 98 valence electrons. The van der Waals surface area contributed by atoms with Crippen molar-refractivity contribution in [1.29, 1.82) is 0 Å². The van der Waals surface area contributed by atoms with Crippen LogP contribution in [0.3, 0.4) is 0 Å². The van der Waals surface area contributed by atoms with E-state index < -0.39 is 4.92 Å². The van der Waals surface area contributed by atoms with Gasteiger partial charge in [-0.3, -0.25) is 15.1 Å². The van der Waals surface area contributed by atoms with E-state index in [0.717, 1.165) is 17.7 Å². The molecule has 1 N–H and O–H groups in total. The molecule has 0 spiro atoms. The Morgan fingerprint density at radius 2 is 2.00 bits per heavy atom. The highest BCUT2D eigenvalue weighted by atomic mass is 35.5. The highest BCUT2D eigenvalue weighted by molar-refractivity contribution is 6.33. The number of non-ortho nitro benzene ring substituents is 1. The van der Waals surface area contributed by atoms with Crippen LogP contribution in [0.15, 0.2) is 42.7 Å². The summed E-state index contributed by atoms with van der Waals surface area (Å²) in [4.78, 5) is 14.0. The van der Waals surface area contributed by atoms with Gasteiger partial charge in [-0.05, 0) is 18.1 Å². The van der Waals surface area contributed by atoms with Crippen LogP contribution >= 0.6 is 11.6 Å². The first kappa shape index (κ1) is 13.3. The van der Waals surface area contributed by atoms with Crippen LogP contribution in [0.25, 0.3) is 0 Å². The molecule has 6 heteroatoms. The molecular formula is C13H12ClN3O2. The Labute approximate surface area is 115 Å². The molecule has 0 amide bonds. The minimum absolute atomic E-state index is 0.105. The van der Waals surface area contributed by atoms with E-state index in [1.165, 1.54) is 12.1 Å². The first-order valence-electron chi connectivity index (χ1n) is 5.73. The van der Waals surface area contributed by atoms with Gasteiger partial charge in [0.05, 0.1) is 15.6 Å². The SMILES string of the molecule is O=[N+]([O-])c1ccc(CCNc2ccncc2Cl)cc1. The molecule has 1 aromatic carbocycles. The van der Waals surface area contributed by atoms with Crippen molar-refractivity contribution in [2.24, 2.45) is 0 Å². The summed E-state index contributed by atoms with van der Waals surface area (Å²) in [6.07, 6.45) is 4.01. The monoisotopic (exact) mass is 277 g/mol. The standard InChI is InChI=1S/C13H12ClN3O2/c14-12-9-15-7-6-13(12)16-8-5-10-1-3-11(4-2-10)17(18)19/h1-4,6-7,9H,5,8H2,(H,15,16). The summed E-state index contributed by atoms with van der Waals surface area (Å²) in [6, 6.07) is 8.34. The van der Waals surface area contributed by atoms with Gasteiger partial charge >= 0.3 is 0 Å². The zero-order valence-electron chi connectivity index (χ0n) is 10.0. The number of anilines is 1. The lowest BCUT2D eigenvalue weighted by Gasteiger charge is -2.07. The van der Waals surface area contributed by atoms with Gasteiger partial charge in [0.15, 0.2) is 0 Å². The van der Waals surface area contributed by atoms with E-state index in [0.29, 0.717) is 11.6 Å². The van der Waals surface area contributed by atoms with Crippen molar-refractivity contribution >= 4 is 23.0 Å². The maximum Gasteiger partial charge on any atom is 0.269 e. The predicted octanol–water partition coefficient (Wildman–Crippen LogP) is 3.30. The highest BCUT2D eigenvalue weighted by Crippen LogP contribution is 2.19. The van der Waals surface area contributed by atoms with Gasteiger partial charge in [-0.15, -0.1) is 0 Å². The fraction of sp³-hybridized carbons (Fsp3) is 0.154. The largest absolute Gasteiger partial charge is 0.383 e. The van der Waals surface area contributed by atoms with Crippen LogP contribution < -0.4 is 5.32 Å². The third-order valence-corrected chi connectivity index (χ3v) is 2.95. The molecule has 2 rings (SSSR count). The minimum Gasteiger partial charge on any atom is -0.383 e. The van der Waals surface area contributed by atoms with Gasteiger partial charge < -0.3 is 5.32 Å².